The Hall–Kier alpha value is -1.96. The van der Waals surface area contributed by atoms with Crippen molar-refractivity contribution in [2.45, 2.75) is 32.0 Å². The summed E-state index contributed by atoms with van der Waals surface area (Å²) in [5, 5.41) is 21.8. The number of aliphatic hydroxyl groups is 1. The third-order valence-corrected chi connectivity index (χ3v) is 5.19. The van der Waals surface area contributed by atoms with Crippen LogP contribution in [0, 0.1) is 0 Å². The number of piperidine rings is 1. The van der Waals surface area contributed by atoms with Crippen molar-refractivity contribution in [1.82, 2.24) is 19.9 Å². The van der Waals surface area contributed by atoms with Gasteiger partial charge in [0.05, 0.1) is 18.8 Å². The van der Waals surface area contributed by atoms with Gasteiger partial charge in [0.1, 0.15) is 23.8 Å². The van der Waals surface area contributed by atoms with Gasteiger partial charge in [-0.25, -0.2) is 4.68 Å². The van der Waals surface area contributed by atoms with Crippen LogP contribution in [0.25, 0.3) is 11.3 Å². The second-order valence-electron chi connectivity index (χ2n) is 6.13. The van der Waals surface area contributed by atoms with Crippen LogP contribution < -0.4 is 0 Å². The number of thiophene rings is 1. The summed E-state index contributed by atoms with van der Waals surface area (Å²) in [6, 6.07) is 6.27. The van der Waals surface area contributed by atoms with Gasteiger partial charge in [-0.3, -0.25) is 4.90 Å². The fourth-order valence-corrected chi connectivity index (χ4v) is 3.80. The van der Waals surface area contributed by atoms with E-state index < -0.39 is 0 Å². The third-order valence-electron chi connectivity index (χ3n) is 4.51. The van der Waals surface area contributed by atoms with Gasteiger partial charge in [-0.15, -0.1) is 5.10 Å². The minimum atomic E-state index is -0.0408. The van der Waals surface area contributed by atoms with E-state index in [0.717, 1.165) is 49.5 Å². The molecule has 24 heavy (non-hydrogen) atoms. The maximum Gasteiger partial charge on any atom is 0.129 e. The van der Waals surface area contributed by atoms with Crippen LogP contribution in [0.15, 0.2) is 39.6 Å². The van der Waals surface area contributed by atoms with Gasteiger partial charge in [0.15, 0.2) is 0 Å². The topological polar surface area (TPSA) is 67.3 Å². The SMILES string of the molecule is OCc1ccc(CN2CCC(n3cc(-c4ccsc4)nn3)CC2)o1. The highest BCUT2D eigenvalue weighted by atomic mass is 32.1. The van der Waals surface area contributed by atoms with Crippen LogP contribution in [-0.4, -0.2) is 38.1 Å². The number of aromatic nitrogens is 3. The van der Waals surface area contributed by atoms with Crippen molar-refractivity contribution >= 4 is 11.3 Å². The zero-order valence-electron chi connectivity index (χ0n) is 13.3. The number of likely N-dealkylation sites (tertiary alicyclic amines) is 1. The summed E-state index contributed by atoms with van der Waals surface area (Å²) in [6.07, 6.45) is 4.17. The van der Waals surface area contributed by atoms with Gasteiger partial charge >= 0.3 is 0 Å². The van der Waals surface area contributed by atoms with Gasteiger partial charge in [-0.05, 0) is 36.4 Å². The molecule has 0 amide bonds. The van der Waals surface area contributed by atoms with E-state index in [1.807, 2.05) is 16.8 Å². The van der Waals surface area contributed by atoms with Gasteiger partial charge < -0.3 is 9.52 Å². The predicted octanol–water partition coefficient (Wildman–Crippen LogP) is 2.93. The first-order chi connectivity index (χ1) is 11.8. The summed E-state index contributed by atoms with van der Waals surface area (Å²) >= 11 is 1.68. The van der Waals surface area contributed by atoms with Crippen molar-refractivity contribution < 1.29 is 9.52 Å². The number of rotatable bonds is 5. The summed E-state index contributed by atoms with van der Waals surface area (Å²) in [6.45, 7) is 2.77. The van der Waals surface area contributed by atoms with E-state index in [9.17, 15) is 0 Å². The summed E-state index contributed by atoms with van der Waals surface area (Å²) in [7, 11) is 0. The molecule has 4 heterocycles. The van der Waals surface area contributed by atoms with Crippen molar-refractivity contribution in [1.29, 1.82) is 0 Å². The molecule has 0 unspecified atom stereocenters. The molecular weight excluding hydrogens is 324 g/mol. The highest BCUT2D eigenvalue weighted by Crippen LogP contribution is 2.26. The minimum Gasteiger partial charge on any atom is -0.462 e. The first-order valence-corrected chi connectivity index (χ1v) is 9.11. The lowest BCUT2D eigenvalue weighted by molar-refractivity contribution is 0.158. The standard InChI is InChI=1S/C17H20N4O2S/c22-11-16-2-1-15(23-16)9-20-6-3-14(4-7-20)21-10-17(18-19-21)13-5-8-24-12-13/h1-2,5,8,10,12,14,22H,3-4,6-7,9,11H2. The fraction of sp³-hybridized carbons (Fsp3) is 0.412. The normalized spacial score (nSPS) is 16.7. The number of furan rings is 1. The smallest absolute Gasteiger partial charge is 0.129 e. The molecule has 0 atom stereocenters. The molecular formula is C17H20N4O2S. The zero-order valence-corrected chi connectivity index (χ0v) is 14.2. The van der Waals surface area contributed by atoms with E-state index in [4.69, 9.17) is 9.52 Å². The Balaban J connectivity index is 1.34. The Labute approximate surface area is 144 Å². The summed E-state index contributed by atoms with van der Waals surface area (Å²) < 4.78 is 7.59. The average molecular weight is 344 g/mol. The molecule has 0 spiro atoms. The average Bonchev–Trinajstić information content (AvgIpc) is 3.36. The monoisotopic (exact) mass is 344 g/mol. The Morgan fingerprint density at radius 3 is 2.75 bits per heavy atom. The highest BCUT2D eigenvalue weighted by Gasteiger charge is 2.22. The second-order valence-corrected chi connectivity index (χ2v) is 6.91. The molecule has 0 aromatic carbocycles. The molecule has 1 fully saturated rings. The maximum absolute atomic E-state index is 9.07. The van der Waals surface area contributed by atoms with E-state index >= 15 is 0 Å². The van der Waals surface area contributed by atoms with Crippen LogP contribution >= 0.6 is 11.3 Å². The lowest BCUT2D eigenvalue weighted by atomic mass is 10.1. The van der Waals surface area contributed by atoms with Crippen LogP contribution in [0.2, 0.25) is 0 Å². The molecule has 6 nitrogen and oxygen atoms in total. The number of hydrogen-bond acceptors (Lipinski definition) is 6. The van der Waals surface area contributed by atoms with Gasteiger partial charge in [0.25, 0.3) is 0 Å². The highest BCUT2D eigenvalue weighted by molar-refractivity contribution is 7.08. The first-order valence-electron chi connectivity index (χ1n) is 8.17. The molecule has 126 valence electrons. The molecule has 3 aromatic heterocycles. The first kappa shape index (κ1) is 15.6. The van der Waals surface area contributed by atoms with Crippen molar-refractivity contribution in [3.8, 4) is 11.3 Å². The molecule has 1 N–H and O–H groups in total. The van der Waals surface area contributed by atoms with Gasteiger partial charge in [0, 0.05) is 24.0 Å². The van der Waals surface area contributed by atoms with Crippen molar-refractivity contribution in [2.24, 2.45) is 0 Å². The summed E-state index contributed by atoms with van der Waals surface area (Å²) in [5.74, 6) is 1.54. The lowest BCUT2D eigenvalue weighted by Gasteiger charge is -2.31. The second kappa shape index (κ2) is 6.88. The molecule has 1 saturated heterocycles. The van der Waals surface area contributed by atoms with Crippen molar-refractivity contribution in [3.63, 3.8) is 0 Å². The molecule has 1 aliphatic heterocycles. The van der Waals surface area contributed by atoms with Crippen LogP contribution in [0.3, 0.4) is 0 Å². The molecule has 0 aliphatic carbocycles. The molecule has 0 radical (unpaired) electrons. The Morgan fingerprint density at radius 1 is 1.21 bits per heavy atom. The van der Waals surface area contributed by atoms with E-state index in [2.05, 4.69) is 38.2 Å². The van der Waals surface area contributed by atoms with Crippen LogP contribution in [0.5, 0.6) is 0 Å². The maximum atomic E-state index is 9.07. The van der Waals surface area contributed by atoms with Crippen molar-refractivity contribution in [2.75, 3.05) is 13.1 Å². The van der Waals surface area contributed by atoms with Crippen LogP contribution in [-0.2, 0) is 13.2 Å². The Bertz CT molecular complexity index is 772. The predicted molar refractivity (Wildman–Crippen MR) is 91.5 cm³/mol. The van der Waals surface area contributed by atoms with E-state index in [1.165, 1.54) is 0 Å². The van der Waals surface area contributed by atoms with E-state index in [-0.39, 0.29) is 6.61 Å². The Kier molecular flexibility index (Phi) is 4.46. The number of nitrogens with zero attached hydrogens (tertiary/aromatic N) is 4. The van der Waals surface area contributed by atoms with E-state index in [1.54, 1.807) is 11.3 Å². The van der Waals surface area contributed by atoms with Crippen molar-refractivity contribution in [3.05, 3.63) is 46.7 Å². The molecule has 3 aromatic rings. The molecule has 0 bridgehead atoms. The molecule has 4 rings (SSSR count). The fourth-order valence-electron chi connectivity index (χ4n) is 3.15. The summed E-state index contributed by atoms with van der Waals surface area (Å²) in [4.78, 5) is 2.38. The molecule has 7 heteroatoms. The van der Waals surface area contributed by atoms with Gasteiger partial charge in [-0.2, -0.15) is 11.3 Å². The number of aliphatic hydroxyl groups excluding tert-OH is 1. The lowest BCUT2D eigenvalue weighted by Crippen LogP contribution is -2.34. The van der Waals surface area contributed by atoms with Gasteiger partial charge in [-0.1, -0.05) is 5.21 Å². The zero-order chi connectivity index (χ0) is 16.4. The number of hydrogen-bond donors (Lipinski definition) is 1. The third kappa shape index (κ3) is 3.28. The van der Waals surface area contributed by atoms with E-state index in [0.29, 0.717) is 11.8 Å². The largest absolute Gasteiger partial charge is 0.462 e. The Morgan fingerprint density at radius 2 is 2.04 bits per heavy atom. The van der Waals surface area contributed by atoms with Crippen LogP contribution in [0.1, 0.15) is 30.4 Å². The quantitative estimate of drug-likeness (QED) is 0.771. The van der Waals surface area contributed by atoms with Gasteiger partial charge in [0.2, 0.25) is 0 Å². The molecule has 1 aliphatic rings. The minimum absolute atomic E-state index is 0.0408. The van der Waals surface area contributed by atoms with Crippen LogP contribution in [0.4, 0.5) is 0 Å². The summed E-state index contributed by atoms with van der Waals surface area (Å²) in [5.41, 5.74) is 2.09. The molecule has 0 saturated carbocycles.